The van der Waals surface area contributed by atoms with Crippen LogP contribution in [-0.4, -0.2) is 44.1 Å². The van der Waals surface area contributed by atoms with E-state index in [1.54, 1.807) is 0 Å². The van der Waals surface area contributed by atoms with Gasteiger partial charge < -0.3 is 4.90 Å². The van der Waals surface area contributed by atoms with Gasteiger partial charge in [0.2, 0.25) is 5.91 Å². The molecule has 26 heavy (non-hydrogen) atoms. The number of carbonyl (C=O) groups excluding carboxylic acids is 1. The standard InChI is InChI=1S/C20H29N5O/c1-13-18(14(2)24-23-13)17-12-21-16(11-22-17)10-15-6-8-25(9-7-15)19(26)20(3,4)5/h11-12,15H,6-10H2,1-5H3,(H,23,24). The van der Waals surface area contributed by atoms with E-state index in [-0.39, 0.29) is 11.3 Å². The van der Waals surface area contributed by atoms with E-state index in [0.717, 1.165) is 60.7 Å². The van der Waals surface area contributed by atoms with Crippen molar-refractivity contribution in [2.45, 2.75) is 53.9 Å². The Labute approximate surface area is 155 Å². The lowest BCUT2D eigenvalue weighted by atomic mass is 9.89. The fraction of sp³-hybridized carbons (Fsp3) is 0.600. The largest absolute Gasteiger partial charge is 0.342 e. The van der Waals surface area contributed by atoms with Crippen molar-refractivity contribution in [1.29, 1.82) is 0 Å². The fourth-order valence-corrected chi connectivity index (χ4v) is 3.63. The van der Waals surface area contributed by atoms with Crippen LogP contribution >= 0.6 is 0 Å². The zero-order chi connectivity index (χ0) is 18.9. The van der Waals surface area contributed by atoms with Gasteiger partial charge in [0.05, 0.1) is 23.3 Å². The van der Waals surface area contributed by atoms with Crippen LogP contribution in [0, 0.1) is 25.2 Å². The molecule has 1 saturated heterocycles. The highest BCUT2D eigenvalue weighted by Gasteiger charge is 2.30. The molecule has 0 spiro atoms. The number of hydrogen-bond acceptors (Lipinski definition) is 4. The number of aromatic amines is 1. The number of carbonyl (C=O) groups is 1. The van der Waals surface area contributed by atoms with Gasteiger partial charge >= 0.3 is 0 Å². The molecule has 0 saturated carbocycles. The molecule has 1 aliphatic rings. The van der Waals surface area contributed by atoms with Crippen molar-refractivity contribution in [3.8, 4) is 11.3 Å². The van der Waals surface area contributed by atoms with Gasteiger partial charge in [-0.25, -0.2) is 0 Å². The summed E-state index contributed by atoms with van der Waals surface area (Å²) >= 11 is 0. The SMILES string of the molecule is Cc1n[nH]c(C)c1-c1cnc(CC2CCN(C(=O)C(C)(C)C)CC2)cn1. The highest BCUT2D eigenvalue weighted by Crippen LogP contribution is 2.26. The predicted molar refractivity (Wildman–Crippen MR) is 102 cm³/mol. The summed E-state index contributed by atoms with van der Waals surface area (Å²) in [5.74, 6) is 0.822. The molecule has 3 rings (SSSR count). The minimum Gasteiger partial charge on any atom is -0.342 e. The molecule has 2 aromatic heterocycles. The second-order valence-corrected chi connectivity index (χ2v) is 8.39. The van der Waals surface area contributed by atoms with Crippen molar-refractivity contribution in [2.24, 2.45) is 11.3 Å². The second kappa shape index (κ2) is 7.17. The number of rotatable bonds is 3. The molecule has 1 aliphatic heterocycles. The van der Waals surface area contributed by atoms with Crippen LogP contribution in [0.4, 0.5) is 0 Å². The number of nitrogens with zero attached hydrogens (tertiary/aromatic N) is 4. The van der Waals surface area contributed by atoms with Crippen LogP contribution in [0.5, 0.6) is 0 Å². The minimum atomic E-state index is -0.294. The lowest BCUT2D eigenvalue weighted by Crippen LogP contribution is -2.44. The van der Waals surface area contributed by atoms with Crippen LogP contribution in [0.15, 0.2) is 12.4 Å². The predicted octanol–water partition coefficient (Wildman–Crippen LogP) is 3.31. The molecule has 0 atom stereocenters. The summed E-state index contributed by atoms with van der Waals surface area (Å²) in [6.07, 6.45) is 6.72. The summed E-state index contributed by atoms with van der Waals surface area (Å²) in [6.45, 7) is 11.6. The van der Waals surface area contributed by atoms with E-state index in [9.17, 15) is 4.79 Å². The summed E-state index contributed by atoms with van der Waals surface area (Å²) in [7, 11) is 0. The van der Waals surface area contributed by atoms with Crippen LogP contribution in [0.3, 0.4) is 0 Å². The van der Waals surface area contributed by atoms with Gasteiger partial charge in [0, 0.05) is 36.0 Å². The molecule has 0 aliphatic carbocycles. The monoisotopic (exact) mass is 355 g/mol. The lowest BCUT2D eigenvalue weighted by molar-refractivity contribution is -0.140. The number of H-pyrrole nitrogens is 1. The Kier molecular flexibility index (Phi) is 5.12. The Balaban J connectivity index is 1.59. The normalized spacial score (nSPS) is 16.1. The van der Waals surface area contributed by atoms with Crippen LogP contribution < -0.4 is 0 Å². The van der Waals surface area contributed by atoms with E-state index < -0.39 is 0 Å². The van der Waals surface area contributed by atoms with E-state index in [0.29, 0.717) is 5.92 Å². The van der Waals surface area contributed by atoms with Crippen molar-refractivity contribution >= 4 is 5.91 Å². The molecule has 1 fully saturated rings. The summed E-state index contributed by atoms with van der Waals surface area (Å²) in [6, 6.07) is 0. The number of likely N-dealkylation sites (tertiary alicyclic amines) is 1. The van der Waals surface area contributed by atoms with E-state index in [1.807, 2.05) is 51.9 Å². The maximum atomic E-state index is 12.4. The summed E-state index contributed by atoms with van der Waals surface area (Å²) < 4.78 is 0. The number of aryl methyl sites for hydroxylation is 2. The second-order valence-electron chi connectivity index (χ2n) is 8.39. The van der Waals surface area contributed by atoms with Gasteiger partial charge in [-0.1, -0.05) is 20.8 Å². The van der Waals surface area contributed by atoms with Gasteiger partial charge in [-0.2, -0.15) is 5.10 Å². The average molecular weight is 355 g/mol. The number of hydrogen-bond donors (Lipinski definition) is 1. The topological polar surface area (TPSA) is 74.8 Å². The van der Waals surface area contributed by atoms with Gasteiger partial charge in [0.1, 0.15) is 0 Å². The van der Waals surface area contributed by atoms with Crippen molar-refractivity contribution in [2.75, 3.05) is 13.1 Å². The van der Waals surface area contributed by atoms with Gasteiger partial charge in [0.25, 0.3) is 0 Å². The number of piperidine rings is 1. The van der Waals surface area contributed by atoms with Gasteiger partial charge in [0.15, 0.2) is 0 Å². The zero-order valence-corrected chi connectivity index (χ0v) is 16.5. The molecule has 0 bridgehead atoms. The molecule has 6 heteroatoms. The molecular formula is C20H29N5O. The highest BCUT2D eigenvalue weighted by atomic mass is 16.2. The van der Waals surface area contributed by atoms with Gasteiger partial charge in [-0.3, -0.25) is 19.9 Å². The molecular weight excluding hydrogens is 326 g/mol. The first-order chi connectivity index (χ1) is 12.3. The van der Waals surface area contributed by atoms with Crippen LogP contribution in [0.2, 0.25) is 0 Å². The molecule has 1 amide bonds. The molecule has 2 aromatic rings. The molecule has 6 nitrogen and oxygen atoms in total. The fourth-order valence-electron chi connectivity index (χ4n) is 3.63. The Morgan fingerprint density at radius 3 is 2.38 bits per heavy atom. The molecule has 0 aromatic carbocycles. The third-order valence-electron chi connectivity index (χ3n) is 5.13. The van der Waals surface area contributed by atoms with Crippen molar-refractivity contribution in [3.05, 3.63) is 29.5 Å². The van der Waals surface area contributed by atoms with Crippen LogP contribution in [0.25, 0.3) is 11.3 Å². The molecule has 1 N–H and O–H groups in total. The number of aromatic nitrogens is 4. The number of nitrogens with one attached hydrogen (secondary N) is 1. The van der Waals surface area contributed by atoms with E-state index >= 15 is 0 Å². The molecule has 3 heterocycles. The van der Waals surface area contributed by atoms with Crippen LogP contribution in [-0.2, 0) is 11.2 Å². The van der Waals surface area contributed by atoms with Crippen molar-refractivity contribution in [3.63, 3.8) is 0 Å². The van der Waals surface area contributed by atoms with Crippen LogP contribution in [0.1, 0.15) is 50.7 Å². The van der Waals surface area contributed by atoms with Gasteiger partial charge in [-0.05, 0) is 39.0 Å². The Hall–Kier alpha value is -2.24. The van der Waals surface area contributed by atoms with Crippen molar-refractivity contribution in [1.82, 2.24) is 25.1 Å². The summed E-state index contributed by atoms with van der Waals surface area (Å²) in [5, 5.41) is 7.21. The Morgan fingerprint density at radius 1 is 1.19 bits per heavy atom. The summed E-state index contributed by atoms with van der Waals surface area (Å²) in [4.78, 5) is 23.6. The minimum absolute atomic E-state index is 0.256. The smallest absolute Gasteiger partial charge is 0.227 e. The summed E-state index contributed by atoms with van der Waals surface area (Å²) in [5.41, 5.74) is 4.59. The third-order valence-corrected chi connectivity index (χ3v) is 5.13. The molecule has 0 unspecified atom stereocenters. The molecule has 0 radical (unpaired) electrons. The zero-order valence-electron chi connectivity index (χ0n) is 16.5. The van der Waals surface area contributed by atoms with E-state index in [2.05, 4.69) is 20.2 Å². The lowest BCUT2D eigenvalue weighted by Gasteiger charge is -2.35. The quantitative estimate of drug-likeness (QED) is 0.916. The highest BCUT2D eigenvalue weighted by molar-refractivity contribution is 5.81. The van der Waals surface area contributed by atoms with Crippen molar-refractivity contribution < 1.29 is 4.79 Å². The third kappa shape index (κ3) is 3.94. The van der Waals surface area contributed by atoms with E-state index in [4.69, 9.17) is 0 Å². The Morgan fingerprint density at radius 2 is 1.88 bits per heavy atom. The first-order valence-electron chi connectivity index (χ1n) is 9.38. The first-order valence-corrected chi connectivity index (χ1v) is 9.38. The van der Waals surface area contributed by atoms with Gasteiger partial charge in [-0.15, -0.1) is 0 Å². The first kappa shape index (κ1) is 18.5. The maximum Gasteiger partial charge on any atom is 0.227 e. The molecule has 140 valence electrons. The number of amides is 1. The van der Waals surface area contributed by atoms with E-state index in [1.165, 1.54) is 0 Å². The maximum absolute atomic E-state index is 12.4. The average Bonchev–Trinajstić information content (AvgIpc) is 2.94. The Bertz CT molecular complexity index is 745.